The van der Waals surface area contributed by atoms with E-state index in [0.717, 1.165) is 28.6 Å². The zero-order valence-corrected chi connectivity index (χ0v) is 16.6. The normalized spacial score (nSPS) is 19.0. The van der Waals surface area contributed by atoms with Gasteiger partial charge in [0.2, 0.25) is 5.91 Å². The van der Waals surface area contributed by atoms with Crippen LogP contribution in [-0.4, -0.2) is 53.5 Å². The van der Waals surface area contributed by atoms with Crippen molar-refractivity contribution >= 4 is 22.6 Å². The van der Waals surface area contributed by atoms with Crippen molar-refractivity contribution in [1.82, 2.24) is 20.2 Å². The van der Waals surface area contributed by atoms with E-state index in [-0.39, 0.29) is 5.91 Å². The minimum Gasteiger partial charge on any atom is -0.380 e. The Bertz CT molecular complexity index is 1040. The quantitative estimate of drug-likeness (QED) is 0.657. The standard InChI is InChI=1S/C20H23N5O4/c1-12(26)22-18-8-14-16(9-21-18)24-25-19(14)15-6-13(10-27-2)7-17(23-15)20(28-3)4-5-29-11-20/h6-9H,4-5,10-11H2,1-3H3,(H,24,25)(H,21,22,26). The number of nitrogens with zero attached hydrogens (tertiary/aromatic N) is 3. The molecular formula is C20H23N5O4. The minimum absolute atomic E-state index is 0.187. The highest BCUT2D eigenvalue weighted by atomic mass is 16.5. The Kier molecular flexibility index (Phi) is 5.27. The molecule has 9 heteroatoms. The summed E-state index contributed by atoms with van der Waals surface area (Å²) in [5, 5.41) is 10.9. The summed E-state index contributed by atoms with van der Waals surface area (Å²) in [6.45, 7) is 2.95. The van der Waals surface area contributed by atoms with Gasteiger partial charge >= 0.3 is 0 Å². The molecule has 0 spiro atoms. The molecule has 1 saturated heterocycles. The summed E-state index contributed by atoms with van der Waals surface area (Å²) in [7, 11) is 3.33. The van der Waals surface area contributed by atoms with Gasteiger partial charge in [0.15, 0.2) is 0 Å². The molecule has 29 heavy (non-hydrogen) atoms. The second-order valence-electron chi connectivity index (χ2n) is 7.05. The third kappa shape index (κ3) is 3.71. The zero-order chi connectivity index (χ0) is 20.4. The van der Waals surface area contributed by atoms with E-state index in [1.54, 1.807) is 26.5 Å². The summed E-state index contributed by atoms with van der Waals surface area (Å²) < 4.78 is 16.8. The molecule has 0 aliphatic carbocycles. The van der Waals surface area contributed by atoms with Crippen LogP contribution in [0.1, 0.15) is 24.6 Å². The number of hydrogen-bond donors (Lipinski definition) is 2. The summed E-state index contributed by atoms with van der Waals surface area (Å²) in [5.41, 5.74) is 3.26. The van der Waals surface area contributed by atoms with E-state index in [0.29, 0.717) is 37.0 Å². The van der Waals surface area contributed by atoms with Gasteiger partial charge in [0, 0.05) is 39.6 Å². The van der Waals surface area contributed by atoms with Crippen LogP contribution in [0.3, 0.4) is 0 Å². The van der Waals surface area contributed by atoms with Crippen LogP contribution in [0.25, 0.3) is 22.3 Å². The highest BCUT2D eigenvalue weighted by molar-refractivity contribution is 5.95. The first-order valence-electron chi connectivity index (χ1n) is 9.30. The molecule has 9 nitrogen and oxygen atoms in total. The van der Waals surface area contributed by atoms with Crippen molar-refractivity contribution < 1.29 is 19.0 Å². The lowest BCUT2D eigenvalue weighted by molar-refractivity contribution is -0.114. The van der Waals surface area contributed by atoms with E-state index in [9.17, 15) is 4.79 Å². The maximum absolute atomic E-state index is 11.4. The fourth-order valence-corrected chi connectivity index (χ4v) is 3.57. The van der Waals surface area contributed by atoms with Crippen LogP contribution in [0.4, 0.5) is 5.82 Å². The van der Waals surface area contributed by atoms with Crippen LogP contribution in [0.5, 0.6) is 0 Å². The molecule has 3 aromatic heterocycles. The van der Waals surface area contributed by atoms with Crippen molar-refractivity contribution in [3.05, 3.63) is 35.7 Å². The Balaban J connectivity index is 1.84. The molecule has 0 saturated carbocycles. The molecule has 1 atom stereocenters. The van der Waals surface area contributed by atoms with Crippen LogP contribution in [0, 0.1) is 0 Å². The Labute approximate surface area is 167 Å². The average Bonchev–Trinajstić information content (AvgIpc) is 3.35. The van der Waals surface area contributed by atoms with Gasteiger partial charge in [-0.2, -0.15) is 5.10 Å². The van der Waals surface area contributed by atoms with Crippen LogP contribution < -0.4 is 5.32 Å². The second kappa shape index (κ2) is 7.86. The van der Waals surface area contributed by atoms with Crippen molar-refractivity contribution in [1.29, 1.82) is 0 Å². The molecule has 1 unspecified atom stereocenters. The summed E-state index contributed by atoms with van der Waals surface area (Å²) in [6.07, 6.45) is 2.36. The number of fused-ring (bicyclic) bond motifs is 1. The molecule has 0 radical (unpaired) electrons. The van der Waals surface area contributed by atoms with Gasteiger partial charge in [-0.25, -0.2) is 9.97 Å². The van der Waals surface area contributed by atoms with Crippen LogP contribution in [0.15, 0.2) is 24.4 Å². The van der Waals surface area contributed by atoms with E-state index in [4.69, 9.17) is 19.2 Å². The highest BCUT2D eigenvalue weighted by Crippen LogP contribution is 2.35. The third-order valence-electron chi connectivity index (χ3n) is 5.03. The number of rotatable bonds is 6. The lowest BCUT2D eigenvalue weighted by Crippen LogP contribution is -2.30. The number of H-pyrrole nitrogens is 1. The van der Waals surface area contributed by atoms with E-state index in [1.165, 1.54) is 6.92 Å². The van der Waals surface area contributed by atoms with E-state index in [1.807, 2.05) is 12.1 Å². The van der Waals surface area contributed by atoms with Crippen molar-refractivity contribution in [2.24, 2.45) is 0 Å². The number of carbonyl (C=O) groups is 1. The summed E-state index contributed by atoms with van der Waals surface area (Å²) in [6, 6.07) is 5.72. The van der Waals surface area contributed by atoms with Crippen molar-refractivity contribution in [3.63, 3.8) is 0 Å². The van der Waals surface area contributed by atoms with Crippen molar-refractivity contribution in [3.8, 4) is 11.4 Å². The SMILES string of the molecule is COCc1cc(-c2n[nH]c3cnc(NC(C)=O)cc23)nc(C2(OC)CCOC2)c1. The first-order chi connectivity index (χ1) is 14.0. The number of aromatic nitrogens is 4. The number of amides is 1. The van der Waals surface area contributed by atoms with Gasteiger partial charge in [-0.05, 0) is 23.8 Å². The third-order valence-corrected chi connectivity index (χ3v) is 5.03. The Hall–Kier alpha value is -2.88. The lowest BCUT2D eigenvalue weighted by Gasteiger charge is -2.26. The molecule has 152 valence electrons. The molecule has 3 aromatic rings. The fraction of sp³-hybridized carbons (Fsp3) is 0.400. The largest absolute Gasteiger partial charge is 0.380 e. The summed E-state index contributed by atoms with van der Waals surface area (Å²) >= 11 is 0. The van der Waals surface area contributed by atoms with Gasteiger partial charge in [0.25, 0.3) is 0 Å². The first-order valence-corrected chi connectivity index (χ1v) is 9.30. The number of nitrogens with one attached hydrogen (secondary N) is 2. The molecule has 4 rings (SSSR count). The fourth-order valence-electron chi connectivity index (χ4n) is 3.57. The van der Waals surface area contributed by atoms with Crippen molar-refractivity contribution in [2.75, 3.05) is 32.8 Å². The van der Waals surface area contributed by atoms with Crippen molar-refractivity contribution in [2.45, 2.75) is 25.6 Å². The predicted molar refractivity (Wildman–Crippen MR) is 106 cm³/mol. The van der Waals surface area contributed by atoms with Gasteiger partial charge in [-0.3, -0.25) is 9.89 Å². The van der Waals surface area contributed by atoms with Crippen LogP contribution in [-0.2, 0) is 31.2 Å². The first kappa shape index (κ1) is 19.4. The minimum atomic E-state index is -0.590. The molecule has 1 aliphatic rings. The number of methoxy groups -OCH3 is 2. The molecule has 0 bridgehead atoms. The molecule has 0 aromatic carbocycles. The lowest BCUT2D eigenvalue weighted by atomic mass is 9.95. The topological polar surface area (TPSA) is 111 Å². The number of ether oxygens (including phenoxy) is 3. The molecule has 4 heterocycles. The van der Waals surface area contributed by atoms with Crippen LogP contribution >= 0.6 is 0 Å². The zero-order valence-electron chi connectivity index (χ0n) is 16.6. The number of anilines is 1. The second-order valence-corrected chi connectivity index (χ2v) is 7.05. The van der Waals surface area contributed by atoms with Crippen LogP contribution in [0.2, 0.25) is 0 Å². The summed E-state index contributed by atoms with van der Waals surface area (Å²) in [4.78, 5) is 20.5. The molecule has 1 amide bonds. The summed E-state index contributed by atoms with van der Waals surface area (Å²) in [5.74, 6) is 0.270. The van der Waals surface area contributed by atoms with E-state index >= 15 is 0 Å². The molecule has 1 fully saturated rings. The number of pyridine rings is 2. The number of hydrogen-bond acceptors (Lipinski definition) is 7. The number of aromatic amines is 1. The number of carbonyl (C=O) groups excluding carboxylic acids is 1. The monoisotopic (exact) mass is 397 g/mol. The predicted octanol–water partition coefficient (Wildman–Crippen LogP) is 2.39. The van der Waals surface area contributed by atoms with Gasteiger partial charge in [-0.1, -0.05) is 0 Å². The van der Waals surface area contributed by atoms with Gasteiger partial charge < -0.3 is 19.5 Å². The maximum atomic E-state index is 11.4. The Morgan fingerprint density at radius 2 is 2.21 bits per heavy atom. The van der Waals surface area contributed by atoms with E-state index in [2.05, 4.69) is 20.5 Å². The Morgan fingerprint density at radius 3 is 2.90 bits per heavy atom. The highest BCUT2D eigenvalue weighted by Gasteiger charge is 2.39. The molecular weight excluding hydrogens is 374 g/mol. The van der Waals surface area contributed by atoms with Gasteiger partial charge in [-0.15, -0.1) is 0 Å². The van der Waals surface area contributed by atoms with Gasteiger partial charge in [0.1, 0.15) is 17.1 Å². The smallest absolute Gasteiger partial charge is 0.222 e. The molecule has 2 N–H and O–H groups in total. The Morgan fingerprint density at radius 1 is 1.34 bits per heavy atom. The molecule has 1 aliphatic heterocycles. The van der Waals surface area contributed by atoms with E-state index < -0.39 is 5.60 Å². The maximum Gasteiger partial charge on any atom is 0.222 e. The average molecular weight is 397 g/mol. The van der Waals surface area contributed by atoms with Gasteiger partial charge in [0.05, 0.1) is 36.3 Å².